The number of carbonyl (C=O) groups is 2. The summed E-state index contributed by atoms with van der Waals surface area (Å²) >= 11 is 7.08. The Bertz CT molecular complexity index is 3090. The summed E-state index contributed by atoms with van der Waals surface area (Å²) in [6.07, 6.45) is 11.7. The van der Waals surface area contributed by atoms with Crippen molar-refractivity contribution in [3.05, 3.63) is 119 Å². The number of halogens is 2. The monoisotopic (exact) mass is 1050 g/mol. The van der Waals surface area contributed by atoms with Crippen LogP contribution in [-0.2, 0) is 9.59 Å². The van der Waals surface area contributed by atoms with E-state index in [2.05, 4.69) is 35.5 Å². The number of nitrogens with two attached hydrogens (primary N) is 1. The SMILES string of the molecule is CC(C)[C@@H](C(=O)N1C[C@H](O)C[C@H]1C(=O)NOc1ccc(-c2ccccc2F)cc1)c1onc(C2CC3(C2)CC(N2CCC(c4cnc(N5C6CCC5CN(c5cc(-c7ccccc7O)nnc5N)C6)nc4)CC2)C3)c1Cl. The summed E-state index contributed by atoms with van der Waals surface area (Å²) in [6.45, 7) is 7.40. The van der Waals surface area contributed by atoms with E-state index in [1.807, 2.05) is 44.4 Å². The second-order valence-electron chi connectivity index (χ2n) is 22.4. The molecule has 6 aromatic rings. The summed E-state index contributed by atoms with van der Waals surface area (Å²) in [5.41, 5.74) is 14.1. The number of piperazine rings is 1. The molecule has 3 aromatic carbocycles. The summed E-state index contributed by atoms with van der Waals surface area (Å²) in [6, 6.07) is 22.2. The van der Waals surface area contributed by atoms with Crippen LogP contribution in [0.5, 0.6) is 11.5 Å². The molecule has 396 valence electrons. The topological polar surface area (TPSA) is 212 Å². The molecule has 5 atom stereocenters. The van der Waals surface area contributed by atoms with Crippen LogP contribution in [0.15, 0.2) is 95.8 Å². The van der Waals surface area contributed by atoms with Crippen molar-refractivity contribution in [3.63, 3.8) is 0 Å². The van der Waals surface area contributed by atoms with E-state index < -0.39 is 24.0 Å². The molecule has 2 saturated carbocycles. The van der Waals surface area contributed by atoms with Crippen molar-refractivity contribution in [1.82, 2.24) is 40.6 Å². The Morgan fingerprint density at radius 1 is 0.868 bits per heavy atom. The minimum Gasteiger partial charge on any atom is -0.507 e. The number of hydrogen-bond acceptors (Lipinski definition) is 15. The molecule has 6 aliphatic rings. The number of carbonyl (C=O) groups excluding carboxylic acids is 2. The van der Waals surface area contributed by atoms with Gasteiger partial charge in [-0.15, -0.1) is 10.2 Å². The fraction of sp³-hybridized carbons (Fsp3) is 0.456. The fourth-order valence-electron chi connectivity index (χ4n) is 13.4. The zero-order chi connectivity index (χ0) is 52.4. The number of nitrogen functional groups attached to an aromatic ring is 1. The van der Waals surface area contributed by atoms with Gasteiger partial charge in [0.2, 0.25) is 11.9 Å². The van der Waals surface area contributed by atoms with Crippen molar-refractivity contribution in [2.24, 2.45) is 11.3 Å². The standard InChI is InChI=1S/C57H63ClFN11O6/c1-32(2)49(55(74)69-31-40(71)21-47(69)54(73)66-75-41-15-11-34(12-16-41)42-7-3-5-9-44(42)59)52-50(58)51(65-76-52)35-23-57(24-35)25-39(26-57)67-19-17-33(18-20-67)36-27-61-56(62-28-36)70-37-13-14-38(70)30-68(29-37)46-22-45(63-64-53(46)60)43-8-4-6-10-48(43)72/h3-12,15-16,22,27-28,32-33,35,37-40,47,49,71-72H,13-14,17-21,23-26,29-31H2,1-2H3,(H2,60,64)(H,66,73)/t35?,37?,38?,39?,40-,47+,49-,57?/m1/s1. The van der Waals surface area contributed by atoms with Gasteiger partial charge in [0.25, 0.3) is 5.91 Å². The van der Waals surface area contributed by atoms with Crippen LogP contribution < -0.4 is 25.9 Å². The number of amides is 2. The maximum Gasteiger partial charge on any atom is 0.275 e. The van der Waals surface area contributed by atoms with Gasteiger partial charge in [0.15, 0.2) is 17.3 Å². The van der Waals surface area contributed by atoms with Crippen molar-refractivity contribution in [1.29, 1.82) is 0 Å². The number of rotatable bonds is 13. The first-order valence-corrected chi connectivity index (χ1v) is 27.1. The van der Waals surface area contributed by atoms with Crippen LogP contribution in [0.4, 0.5) is 21.8 Å². The van der Waals surface area contributed by atoms with Crippen molar-refractivity contribution in [3.8, 4) is 33.9 Å². The first-order chi connectivity index (χ1) is 36.8. The van der Waals surface area contributed by atoms with Gasteiger partial charge in [0, 0.05) is 73.6 Å². The van der Waals surface area contributed by atoms with E-state index in [0.717, 1.165) is 89.2 Å². The van der Waals surface area contributed by atoms with Crippen molar-refractivity contribution < 1.29 is 33.6 Å². The Morgan fingerprint density at radius 2 is 1.55 bits per heavy atom. The molecule has 4 aliphatic heterocycles. The van der Waals surface area contributed by atoms with Crippen molar-refractivity contribution in [2.45, 2.75) is 120 Å². The van der Waals surface area contributed by atoms with E-state index in [4.69, 9.17) is 36.7 Å². The molecule has 3 aromatic heterocycles. The highest BCUT2D eigenvalue weighted by Gasteiger charge is 2.56. The molecule has 2 aliphatic carbocycles. The molecule has 7 heterocycles. The molecule has 6 fully saturated rings. The number of anilines is 3. The first-order valence-electron chi connectivity index (χ1n) is 26.8. The Labute approximate surface area is 445 Å². The smallest absolute Gasteiger partial charge is 0.275 e. The Kier molecular flexibility index (Phi) is 13.3. The van der Waals surface area contributed by atoms with Crippen LogP contribution in [-0.4, -0.2) is 120 Å². The number of phenolic OH excluding ortho intramolecular Hbond substituents is 1. The van der Waals surface area contributed by atoms with Crippen LogP contribution >= 0.6 is 11.6 Å². The lowest BCUT2D eigenvalue weighted by Gasteiger charge is -2.60. The minimum atomic E-state index is -0.991. The number of β-amino-alcohol motifs (C(OH)–C–C–N with tert-alkyl or cyclic N) is 1. The third kappa shape index (κ3) is 9.35. The minimum absolute atomic E-state index is 0.0301. The number of aliphatic hydroxyl groups is 1. The summed E-state index contributed by atoms with van der Waals surface area (Å²) in [4.78, 5) is 52.2. The van der Waals surface area contributed by atoms with Crippen molar-refractivity contribution >= 4 is 40.9 Å². The van der Waals surface area contributed by atoms with Gasteiger partial charge < -0.3 is 44.9 Å². The molecular weight excluding hydrogens is 989 g/mol. The third-order valence-corrected chi connectivity index (χ3v) is 17.7. The van der Waals surface area contributed by atoms with E-state index in [-0.39, 0.29) is 65.5 Å². The molecule has 17 nitrogen and oxygen atoms in total. The van der Waals surface area contributed by atoms with Gasteiger partial charge in [-0.05, 0) is 129 Å². The number of aromatic nitrogens is 5. The number of piperidine rings is 1. The van der Waals surface area contributed by atoms with Gasteiger partial charge in [-0.1, -0.05) is 73.1 Å². The van der Waals surface area contributed by atoms with Gasteiger partial charge in [-0.25, -0.2) is 14.4 Å². The number of benzene rings is 3. The second kappa shape index (κ2) is 20.2. The van der Waals surface area contributed by atoms with Crippen LogP contribution in [0.2, 0.25) is 5.02 Å². The highest BCUT2D eigenvalue weighted by atomic mass is 35.5. The highest BCUT2D eigenvalue weighted by Crippen LogP contribution is 2.64. The summed E-state index contributed by atoms with van der Waals surface area (Å²) < 4.78 is 20.3. The zero-order valence-electron chi connectivity index (χ0n) is 42.6. The van der Waals surface area contributed by atoms with Crippen molar-refractivity contribution in [2.75, 3.05) is 48.3 Å². The van der Waals surface area contributed by atoms with Gasteiger partial charge in [0.05, 0.1) is 17.5 Å². The molecule has 2 amide bonds. The number of phenols is 1. The number of nitrogens with one attached hydrogen (secondary N) is 1. The van der Waals surface area contributed by atoms with Crippen LogP contribution in [0, 0.1) is 17.2 Å². The summed E-state index contributed by atoms with van der Waals surface area (Å²) in [5, 5.41) is 34.6. The predicted molar refractivity (Wildman–Crippen MR) is 284 cm³/mol. The zero-order valence-corrected chi connectivity index (χ0v) is 43.4. The lowest BCUT2D eigenvalue weighted by molar-refractivity contribution is -0.143. The van der Waals surface area contributed by atoms with Gasteiger partial charge in [-0.2, -0.15) is 5.48 Å². The second-order valence-corrected chi connectivity index (χ2v) is 22.8. The third-order valence-electron chi connectivity index (χ3n) is 17.4. The summed E-state index contributed by atoms with van der Waals surface area (Å²) in [7, 11) is 0. The quantitative estimate of drug-likeness (QED) is 0.0802. The number of para-hydroxylation sites is 1. The number of hydrogen-bond donors (Lipinski definition) is 4. The number of likely N-dealkylation sites (tertiary alicyclic amines) is 2. The van der Waals surface area contributed by atoms with Gasteiger partial charge in [-0.3, -0.25) is 9.59 Å². The van der Waals surface area contributed by atoms with Crippen LogP contribution in [0.3, 0.4) is 0 Å². The van der Waals surface area contributed by atoms with E-state index in [1.54, 1.807) is 54.6 Å². The van der Waals surface area contributed by atoms with Gasteiger partial charge >= 0.3 is 0 Å². The molecule has 4 saturated heterocycles. The Hall–Kier alpha value is -6.89. The lowest BCUT2D eigenvalue weighted by atomic mass is 9.49. The maximum absolute atomic E-state index is 14.4. The molecule has 76 heavy (non-hydrogen) atoms. The van der Waals surface area contributed by atoms with Crippen LogP contribution in [0.25, 0.3) is 22.4 Å². The number of fused-ring (bicyclic) bond motifs is 2. The fourth-order valence-corrected chi connectivity index (χ4v) is 13.7. The average Bonchev–Trinajstić information content (AvgIpc) is 4.09. The molecule has 0 radical (unpaired) electrons. The van der Waals surface area contributed by atoms with E-state index in [9.17, 15) is 24.2 Å². The van der Waals surface area contributed by atoms with E-state index in [1.165, 1.54) is 16.5 Å². The Balaban J connectivity index is 0.611. The molecule has 2 unspecified atom stereocenters. The molecule has 5 N–H and O–H groups in total. The number of hydroxylamine groups is 1. The normalized spacial score (nSPS) is 25.9. The number of aromatic hydroxyl groups is 1. The molecular formula is C57H63ClFN11O6. The Morgan fingerprint density at radius 3 is 2.24 bits per heavy atom. The van der Waals surface area contributed by atoms with E-state index in [0.29, 0.717) is 56.6 Å². The average molecular weight is 1050 g/mol. The summed E-state index contributed by atoms with van der Waals surface area (Å²) in [5.74, 6) is 0.104. The highest BCUT2D eigenvalue weighted by molar-refractivity contribution is 6.32. The van der Waals surface area contributed by atoms with E-state index >= 15 is 0 Å². The molecule has 19 heteroatoms. The molecule has 12 rings (SSSR count). The molecule has 1 spiro atoms. The largest absolute Gasteiger partial charge is 0.507 e. The molecule has 2 bridgehead atoms. The predicted octanol–water partition coefficient (Wildman–Crippen LogP) is 8.24. The number of aliphatic hydroxyl groups excluding tert-OH is 1. The number of nitrogens with zero attached hydrogens (tertiary/aromatic N) is 9. The first kappa shape index (κ1) is 50.0. The maximum atomic E-state index is 14.4. The van der Waals surface area contributed by atoms with Crippen LogP contribution in [0.1, 0.15) is 106 Å². The lowest BCUT2D eigenvalue weighted by Crippen LogP contribution is -2.57. The van der Waals surface area contributed by atoms with Gasteiger partial charge in [0.1, 0.15) is 34.2 Å².